The van der Waals surface area contributed by atoms with Crippen LogP contribution < -0.4 is 5.73 Å². The molecule has 1 aliphatic rings. The van der Waals surface area contributed by atoms with Crippen molar-refractivity contribution in [2.24, 2.45) is 5.73 Å². The predicted molar refractivity (Wildman–Crippen MR) is 94.8 cm³/mol. The number of carboxylic acids is 1. The van der Waals surface area contributed by atoms with Crippen LogP contribution in [-0.2, 0) is 9.53 Å². The van der Waals surface area contributed by atoms with Crippen LogP contribution >= 0.6 is 0 Å². The Morgan fingerprint density at radius 3 is 2.71 bits per heavy atom. The first-order valence-electron chi connectivity index (χ1n) is 8.65. The molecule has 4 nitrogen and oxygen atoms in total. The van der Waals surface area contributed by atoms with Gasteiger partial charge in [-0.1, -0.05) is 30.4 Å². The Labute approximate surface area is 144 Å². The topological polar surface area (TPSA) is 72.5 Å². The predicted octanol–water partition coefficient (Wildman–Crippen LogP) is 3.29. The van der Waals surface area contributed by atoms with E-state index in [0.29, 0.717) is 12.8 Å². The molecule has 0 bridgehead atoms. The van der Waals surface area contributed by atoms with E-state index in [1.54, 1.807) is 7.11 Å². The van der Waals surface area contributed by atoms with Gasteiger partial charge < -0.3 is 15.6 Å². The molecule has 1 aliphatic carbocycles. The summed E-state index contributed by atoms with van der Waals surface area (Å²) in [4.78, 5) is 11.2. The zero-order valence-corrected chi connectivity index (χ0v) is 14.4. The zero-order chi connectivity index (χ0) is 17.4. The van der Waals surface area contributed by atoms with Gasteiger partial charge in [0, 0.05) is 25.7 Å². The van der Waals surface area contributed by atoms with Crippen LogP contribution in [-0.4, -0.2) is 30.3 Å². The van der Waals surface area contributed by atoms with Crippen molar-refractivity contribution in [3.63, 3.8) is 0 Å². The van der Waals surface area contributed by atoms with Crippen molar-refractivity contribution in [2.45, 2.75) is 56.4 Å². The van der Waals surface area contributed by atoms with Crippen molar-refractivity contribution in [1.82, 2.24) is 0 Å². The highest BCUT2D eigenvalue weighted by molar-refractivity contribution is 5.79. The Hall–Kier alpha value is -1.83. The van der Waals surface area contributed by atoms with E-state index in [1.807, 2.05) is 12.1 Å². The summed E-state index contributed by atoms with van der Waals surface area (Å²) in [5, 5.41) is 9.22. The molecule has 1 aromatic carbocycles. The Bertz CT molecular complexity index is 600. The molecule has 0 aliphatic heterocycles. The molecule has 24 heavy (non-hydrogen) atoms. The Morgan fingerprint density at radius 1 is 1.33 bits per heavy atom. The number of unbranched alkanes of at least 4 members (excludes halogenated alkanes) is 3. The largest absolute Gasteiger partial charge is 0.480 e. The van der Waals surface area contributed by atoms with Gasteiger partial charge in [0.2, 0.25) is 0 Å². The van der Waals surface area contributed by atoms with Gasteiger partial charge in [0.05, 0.1) is 0 Å². The fourth-order valence-electron chi connectivity index (χ4n) is 3.19. The minimum Gasteiger partial charge on any atom is -0.480 e. The molecule has 1 aromatic rings. The fourth-order valence-corrected chi connectivity index (χ4v) is 3.19. The maximum Gasteiger partial charge on any atom is 0.323 e. The van der Waals surface area contributed by atoms with Crippen LogP contribution in [0.15, 0.2) is 24.3 Å². The average molecular weight is 329 g/mol. The van der Waals surface area contributed by atoms with Gasteiger partial charge in [-0.15, -0.1) is 0 Å². The van der Waals surface area contributed by atoms with Crippen LogP contribution in [0.4, 0.5) is 0 Å². The number of methoxy groups -OCH3 is 1. The molecule has 2 rings (SSSR count). The van der Waals surface area contributed by atoms with E-state index in [4.69, 9.17) is 10.5 Å². The highest BCUT2D eigenvalue weighted by Crippen LogP contribution is 2.39. The lowest BCUT2D eigenvalue weighted by atomic mass is 9.93. The molecule has 4 heteroatoms. The molecule has 0 saturated heterocycles. The van der Waals surface area contributed by atoms with Gasteiger partial charge in [-0.25, -0.2) is 0 Å². The van der Waals surface area contributed by atoms with Crippen molar-refractivity contribution in [3.8, 4) is 11.8 Å². The monoisotopic (exact) mass is 329 g/mol. The first-order valence-corrected chi connectivity index (χ1v) is 8.65. The van der Waals surface area contributed by atoms with Crippen molar-refractivity contribution in [3.05, 3.63) is 35.4 Å². The minimum atomic E-state index is -1.06. The molecule has 130 valence electrons. The van der Waals surface area contributed by atoms with Gasteiger partial charge in [0.1, 0.15) is 5.54 Å². The number of hydrogen-bond acceptors (Lipinski definition) is 3. The molecule has 0 heterocycles. The number of hydrogen-bond donors (Lipinski definition) is 2. The molecule has 0 aromatic heterocycles. The maximum atomic E-state index is 11.2. The Morgan fingerprint density at radius 2 is 2.08 bits per heavy atom. The van der Waals surface area contributed by atoms with Crippen LogP contribution in [0.2, 0.25) is 0 Å². The highest BCUT2D eigenvalue weighted by atomic mass is 16.5. The lowest BCUT2D eigenvalue weighted by Gasteiger charge is -2.18. The summed E-state index contributed by atoms with van der Waals surface area (Å²) in [6, 6.07) is 8.15. The lowest BCUT2D eigenvalue weighted by molar-refractivity contribution is -0.143. The summed E-state index contributed by atoms with van der Waals surface area (Å²) in [6.07, 6.45) is 6.12. The van der Waals surface area contributed by atoms with Gasteiger partial charge in [-0.05, 0) is 55.7 Å². The van der Waals surface area contributed by atoms with Gasteiger partial charge in [0.15, 0.2) is 0 Å². The number of aliphatic carboxylic acids is 1. The SMILES string of the molecule is COCCCCCC#Cc1ccc(C2CCC(N)(C(=O)O)C2)cc1. The zero-order valence-electron chi connectivity index (χ0n) is 14.4. The van der Waals surface area contributed by atoms with E-state index >= 15 is 0 Å². The molecule has 2 unspecified atom stereocenters. The molecule has 0 spiro atoms. The van der Waals surface area contributed by atoms with Crippen LogP contribution in [0.25, 0.3) is 0 Å². The summed E-state index contributed by atoms with van der Waals surface area (Å²) in [6.45, 7) is 0.821. The summed E-state index contributed by atoms with van der Waals surface area (Å²) >= 11 is 0. The molecule has 0 amide bonds. The van der Waals surface area contributed by atoms with Crippen LogP contribution in [0, 0.1) is 11.8 Å². The Balaban J connectivity index is 1.83. The fraction of sp³-hybridized carbons (Fsp3) is 0.550. The number of benzene rings is 1. The van der Waals surface area contributed by atoms with Gasteiger partial charge in [-0.3, -0.25) is 4.79 Å². The first kappa shape index (κ1) is 18.5. The molecule has 3 N–H and O–H groups in total. The van der Waals surface area contributed by atoms with Gasteiger partial charge in [-0.2, -0.15) is 0 Å². The molecular formula is C20H27NO3. The van der Waals surface area contributed by atoms with E-state index in [0.717, 1.165) is 49.8 Å². The summed E-state index contributed by atoms with van der Waals surface area (Å²) in [5.74, 6) is 5.73. The van der Waals surface area contributed by atoms with Crippen LogP contribution in [0.5, 0.6) is 0 Å². The third-order valence-corrected chi connectivity index (χ3v) is 4.74. The highest BCUT2D eigenvalue weighted by Gasteiger charge is 2.42. The van der Waals surface area contributed by atoms with Gasteiger partial charge in [0.25, 0.3) is 0 Å². The average Bonchev–Trinajstić information content (AvgIpc) is 2.98. The molecule has 0 radical (unpaired) electrons. The summed E-state index contributed by atoms with van der Waals surface area (Å²) in [5.41, 5.74) is 7.06. The van der Waals surface area contributed by atoms with Crippen molar-refractivity contribution in [2.75, 3.05) is 13.7 Å². The normalized spacial score (nSPS) is 22.8. The second kappa shape index (κ2) is 8.86. The van der Waals surface area contributed by atoms with E-state index < -0.39 is 11.5 Å². The second-order valence-corrected chi connectivity index (χ2v) is 6.63. The molecule has 1 saturated carbocycles. The first-order chi connectivity index (χ1) is 11.5. The second-order valence-electron chi connectivity index (χ2n) is 6.63. The van der Waals surface area contributed by atoms with E-state index in [2.05, 4.69) is 24.0 Å². The number of ether oxygens (including phenoxy) is 1. The molecular weight excluding hydrogens is 302 g/mol. The third kappa shape index (κ3) is 5.09. The maximum absolute atomic E-state index is 11.2. The summed E-state index contributed by atoms with van der Waals surface area (Å²) < 4.78 is 5.02. The third-order valence-electron chi connectivity index (χ3n) is 4.74. The molecule has 2 atom stereocenters. The number of nitrogens with two attached hydrogens (primary N) is 1. The molecule has 1 fully saturated rings. The van der Waals surface area contributed by atoms with Gasteiger partial charge >= 0.3 is 5.97 Å². The van der Waals surface area contributed by atoms with E-state index in [1.165, 1.54) is 0 Å². The van der Waals surface area contributed by atoms with E-state index in [9.17, 15) is 9.90 Å². The van der Waals surface area contributed by atoms with Crippen LogP contribution in [0.3, 0.4) is 0 Å². The number of carbonyl (C=O) groups is 1. The standard InChI is InChI=1S/C20H27NO3/c1-24-14-6-4-2-3-5-7-16-8-10-17(11-9-16)18-12-13-20(21,15-18)19(22)23/h8-11,18H,2-4,6,12-15,21H2,1H3,(H,22,23). The summed E-state index contributed by atoms with van der Waals surface area (Å²) in [7, 11) is 1.73. The lowest BCUT2D eigenvalue weighted by Crippen LogP contribution is -2.45. The number of carboxylic acid groups (broad SMARTS) is 1. The van der Waals surface area contributed by atoms with Crippen molar-refractivity contribution < 1.29 is 14.6 Å². The smallest absolute Gasteiger partial charge is 0.323 e. The Kier molecular flexibility index (Phi) is 6.84. The quantitative estimate of drug-likeness (QED) is 0.595. The number of rotatable bonds is 7. The van der Waals surface area contributed by atoms with E-state index in [-0.39, 0.29) is 5.92 Å². The minimum absolute atomic E-state index is 0.230. The van der Waals surface area contributed by atoms with Crippen molar-refractivity contribution >= 4 is 5.97 Å². The van der Waals surface area contributed by atoms with Crippen molar-refractivity contribution in [1.29, 1.82) is 0 Å². The van der Waals surface area contributed by atoms with Crippen LogP contribution in [0.1, 0.15) is 62.0 Å².